The van der Waals surface area contributed by atoms with E-state index in [1.807, 2.05) is 74.5 Å². The Balaban J connectivity index is 1.57. The van der Waals surface area contributed by atoms with Gasteiger partial charge >= 0.3 is 0 Å². The Labute approximate surface area is 204 Å². The maximum atomic E-state index is 14.3. The largest absolute Gasteiger partial charge is 0.310 e. The Bertz CT molecular complexity index is 1500. The zero-order valence-corrected chi connectivity index (χ0v) is 19.4. The molecule has 0 amide bonds. The summed E-state index contributed by atoms with van der Waals surface area (Å²) in [6.45, 7) is 4.03. The van der Waals surface area contributed by atoms with Gasteiger partial charge in [-0.25, -0.2) is 17.6 Å². The maximum absolute atomic E-state index is 14.3. The molecule has 5 rings (SSSR count). The third-order valence-electron chi connectivity index (χ3n) is 5.82. The molecule has 36 heavy (non-hydrogen) atoms. The number of aryl methyl sites for hydroxylation is 2. The van der Waals surface area contributed by atoms with Gasteiger partial charge in [-0.2, -0.15) is 5.10 Å². The van der Waals surface area contributed by atoms with Gasteiger partial charge < -0.3 is 4.90 Å². The highest BCUT2D eigenvalue weighted by atomic mass is 19.2. The van der Waals surface area contributed by atoms with Gasteiger partial charge in [0.2, 0.25) is 0 Å². The lowest BCUT2D eigenvalue weighted by atomic mass is 10.1. The fourth-order valence-electron chi connectivity index (χ4n) is 3.89. The van der Waals surface area contributed by atoms with E-state index < -0.39 is 28.8 Å². The lowest BCUT2D eigenvalue weighted by Gasteiger charge is -2.26. The van der Waals surface area contributed by atoms with Crippen molar-refractivity contribution in [3.8, 4) is 22.6 Å². The smallest absolute Gasteiger partial charge is 0.198 e. The first-order chi connectivity index (χ1) is 17.3. The van der Waals surface area contributed by atoms with Crippen LogP contribution in [0.25, 0.3) is 22.6 Å². The highest BCUT2D eigenvalue weighted by molar-refractivity contribution is 5.79. The fraction of sp³-hybridized carbons (Fsp3) is 0.0714. The molecular weight excluding hydrogens is 468 g/mol. The number of halogens is 4. The summed E-state index contributed by atoms with van der Waals surface area (Å²) in [7, 11) is 0. The molecule has 0 saturated carbocycles. The van der Waals surface area contributed by atoms with Crippen molar-refractivity contribution in [2.75, 3.05) is 4.90 Å². The van der Waals surface area contributed by atoms with Crippen molar-refractivity contribution in [1.82, 2.24) is 15.2 Å². The number of benzene rings is 3. The molecule has 0 saturated heterocycles. The average Bonchev–Trinajstić information content (AvgIpc) is 3.38. The molecule has 0 fully saturated rings. The van der Waals surface area contributed by atoms with Crippen LogP contribution in [0.4, 0.5) is 34.6 Å². The number of nitrogens with one attached hydrogen (secondary N) is 1. The summed E-state index contributed by atoms with van der Waals surface area (Å²) in [4.78, 5) is 6.45. The van der Waals surface area contributed by atoms with E-state index in [0.717, 1.165) is 28.2 Å². The number of anilines is 3. The second-order valence-corrected chi connectivity index (χ2v) is 8.42. The van der Waals surface area contributed by atoms with Gasteiger partial charge in [0.1, 0.15) is 0 Å². The van der Waals surface area contributed by atoms with Gasteiger partial charge in [-0.3, -0.25) is 10.1 Å². The van der Waals surface area contributed by atoms with Crippen LogP contribution in [0.15, 0.2) is 79.0 Å². The van der Waals surface area contributed by atoms with E-state index in [-0.39, 0.29) is 5.69 Å². The highest BCUT2D eigenvalue weighted by Gasteiger charge is 2.22. The minimum atomic E-state index is -1.89. The van der Waals surface area contributed by atoms with E-state index in [4.69, 9.17) is 0 Å². The Morgan fingerprint density at radius 2 is 1.25 bits per heavy atom. The van der Waals surface area contributed by atoms with Gasteiger partial charge in [0.15, 0.2) is 23.3 Å². The monoisotopic (exact) mass is 488 g/mol. The quantitative estimate of drug-likeness (QED) is 0.156. The number of aromatic amines is 1. The van der Waals surface area contributed by atoms with E-state index in [9.17, 15) is 17.6 Å². The highest BCUT2D eigenvalue weighted by Crippen LogP contribution is 2.36. The Morgan fingerprint density at radius 3 is 1.86 bits per heavy atom. The lowest BCUT2D eigenvalue weighted by molar-refractivity contribution is 0.410. The second kappa shape index (κ2) is 9.30. The first-order valence-electron chi connectivity index (χ1n) is 11.1. The number of aromatic nitrogens is 3. The van der Waals surface area contributed by atoms with E-state index in [1.54, 1.807) is 6.20 Å². The van der Waals surface area contributed by atoms with Crippen molar-refractivity contribution in [1.29, 1.82) is 0 Å². The zero-order chi connectivity index (χ0) is 25.4. The van der Waals surface area contributed by atoms with Crippen LogP contribution >= 0.6 is 0 Å². The van der Waals surface area contributed by atoms with Crippen molar-refractivity contribution in [2.45, 2.75) is 13.8 Å². The van der Waals surface area contributed by atoms with Crippen LogP contribution in [0.3, 0.4) is 0 Å². The lowest BCUT2D eigenvalue weighted by Crippen LogP contribution is -2.10. The summed E-state index contributed by atoms with van der Waals surface area (Å²) in [5, 5.41) is 6.70. The molecule has 0 bridgehead atoms. The molecule has 2 heterocycles. The number of hydrogen-bond donors (Lipinski definition) is 1. The van der Waals surface area contributed by atoms with Crippen LogP contribution in [-0.4, -0.2) is 15.2 Å². The van der Waals surface area contributed by atoms with Crippen molar-refractivity contribution in [3.63, 3.8) is 0 Å². The Hall–Kier alpha value is -4.46. The van der Waals surface area contributed by atoms with Crippen LogP contribution in [0, 0.1) is 37.1 Å². The maximum Gasteiger partial charge on any atom is 0.198 e. The minimum absolute atomic E-state index is 0.0820. The van der Waals surface area contributed by atoms with Crippen LogP contribution < -0.4 is 4.90 Å². The number of nitrogens with zero attached hydrogens (tertiary/aromatic N) is 3. The molecule has 8 heteroatoms. The third-order valence-corrected chi connectivity index (χ3v) is 5.82. The summed E-state index contributed by atoms with van der Waals surface area (Å²) >= 11 is 0. The van der Waals surface area contributed by atoms with Gasteiger partial charge in [0, 0.05) is 28.8 Å². The summed E-state index contributed by atoms with van der Waals surface area (Å²) in [5.74, 6) is -6.77. The van der Waals surface area contributed by atoms with E-state index in [2.05, 4.69) is 20.1 Å². The van der Waals surface area contributed by atoms with Gasteiger partial charge in [-0.1, -0.05) is 35.4 Å². The van der Waals surface area contributed by atoms with Crippen LogP contribution in [0.1, 0.15) is 11.1 Å². The van der Waals surface area contributed by atoms with Gasteiger partial charge in [0.05, 0.1) is 17.1 Å². The second-order valence-electron chi connectivity index (χ2n) is 8.42. The Morgan fingerprint density at radius 1 is 0.639 bits per heavy atom. The molecule has 0 aliphatic heterocycles. The Kier molecular flexibility index (Phi) is 6.01. The normalized spacial score (nSPS) is 11.1. The summed E-state index contributed by atoms with van der Waals surface area (Å²) in [5.41, 5.74) is 5.22. The summed E-state index contributed by atoms with van der Waals surface area (Å²) in [6, 6.07) is 21.8. The first kappa shape index (κ1) is 23.3. The topological polar surface area (TPSA) is 44.8 Å². The van der Waals surface area contributed by atoms with Crippen LogP contribution in [0.2, 0.25) is 0 Å². The van der Waals surface area contributed by atoms with Crippen molar-refractivity contribution in [2.24, 2.45) is 0 Å². The molecule has 1 N–H and O–H groups in total. The van der Waals surface area contributed by atoms with Gasteiger partial charge in [-0.05, 0) is 62.4 Å². The molecular formula is C28H20F4N4. The summed E-state index contributed by atoms with van der Waals surface area (Å²) in [6.07, 6.45) is 1.62. The number of pyridine rings is 1. The number of rotatable bonds is 5. The molecule has 2 aromatic heterocycles. The van der Waals surface area contributed by atoms with E-state index in [0.29, 0.717) is 17.5 Å². The average molecular weight is 488 g/mol. The molecule has 180 valence electrons. The molecule has 0 aliphatic carbocycles. The standard InChI is InChI=1S/C28H20F4N4/c1-16-3-7-18(8-4-16)36(19-9-5-17(2)6-10-19)20-11-12-33-24(13-20)25-15-23(34-35-25)21-14-22(29)27(31)28(32)26(21)30/h3-15H,1-2H3,(H,34,35). The van der Waals surface area contributed by atoms with Crippen LogP contribution in [-0.2, 0) is 0 Å². The predicted molar refractivity (Wildman–Crippen MR) is 131 cm³/mol. The molecule has 4 nitrogen and oxygen atoms in total. The molecule has 0 spiro atoms. The fourth-order valence-corrected chi connectivity index (χ4v) is 3.89. The SMILES string of the molecule is Cc1ccc(N(c2ccc(C)cc2)c2ccnc(-c3cc(-c4cc(F)c(F)c(F)c4F)n[nH]3)c2)cc1. The molecule has 0 aliphatic rings. The molecule has 0 unspecified atom stereocenters. The van der Waals surface area contributed by atoms with Crippen molar-refractivity contribution < 1.29 is 17.6 Å². The molecule has 0 radical (unpaired) electrons. The zero-order valence-electron chi connectivity index (χ0n) is 19.4. The minimum Gasteiger partial charge on any atom is -0.310 e. The number of hydrogen-bond acceptors (Lipinski definition) is 3. The molecule has 3 aromatic carbocycles. The van der Waals surface area contributed by atoms with Crippen LogP contribution in [0.5, 0.6) is 0 Å². The molecule has 0 atom stereocenters. The van der Waals surface area contributed by atoms with Crippen molar-refractivity contribution >= 4 is 17.1 Å². The van der Waals surface area contributed by atoms with Gasteiger partial charge in [0.25, 0.3) is 0 Å². The van der Waals surface area contributed by atoms with Crippen molar-refractivity contribution in [3.05, 3.63) is 113 Å². The van der Waals surface area contributed by atoms with Gasteiger partial charge in [-0.15, -0.1) is 0 Å². The molecule has 5 aromatic rings. The van der Waals surface area contributed by atoms with E-state index in [1.165, 1.54) is 6.07 Å². The first-order valence-corrected chi connectivity index (χ1v) is 11.1. The van der Waals surface area contributed by atoms with E-state index >= 15 is 0 Å². The predicted octanol–water partition coefficient (Wildman–Crippen LogP) is 7.78. The third kappa shape index (κ3) is 4.33. The number of H-pyrrole nitrogens is 1. The summed E-state index contributed by atoms with van der Waals surface area (Å²) < 4.78 is 55.1.